The molecule has 5 heteroatoms. The summed E-state index contributed by atoms with van der Waals surface area (Å²) in [5.41, 5.74) is 0.790. The van der Waals surface area contributed by atoms with Crippen molar-refractivity contribution < 1.29 is 19.5 Å². The third-order valence-corrected chi connectivity index (χ3v) is 5.26. The highest BCUT2D eigenvalue weighted by atomic mass is 32.2. The molecule has 0 radical (unpaired) electrons. The molecule has 3 aliphatic rings. The number of carbonyl (C=O) groups is 3. The Morgan fingerprint density at radius 1 is 1.40 bits per heavy atom. The Hall–Kier alpha value is -1.46. The van der Waals surface area contributed by atoms with Crippen LogP contribution in [0.2, 0.25) is 0 Å². The first-order chi connectivity index (χ1) is 9.49. The van der Waals surface area contributed by atoms with E-state index in [1.54, 1.807) is 18.2 Å². The summed E-state index contributed by atoms with van der Waals surface area (Å²) in [4.78, 5) is 36.0. The molecule has 0 bridgehead atoms. The number of ketones is 3. The average Bonchev–Trinajstić information content (AvgIpc) is 2.39. The Morgan fingerprint density at radius 3 is 2.85 bits per heavy atom. The predicted molar refractivity (Wildman–Crippen MR) is 75.1 cm³/mol. The van der Waals surface area contributed by atoms with Gasteiger partial charge in [-0.15, -0.1) is 11.8 Å². The number of fused-ring (bicyclic) bond motifs is 1. The van der Waals surface area contributed by atoms with Crippen LogP contribution in [0.1, 0.15) is 19.8 Å². The molecule has 1 heterocycles. The van der Waals surface area contributed by atoms with E-state index in [-0.39, 0.29) is 23.8 Å². The maximum atomic E-state index is 12.5. The maximum absolute atomic E-state index is 12.5. The first-order valence-electron chi connectivity index (χ1n) is 6.51. The molecular weight excluding hydrogens is 276 g/mol. The number of aliphatic hydroxyl groups is 1. The van der Waals surface area contributed by atoms with Gasteiger partial charge in [-0.3, -0.25) is 14.4 Å². The van der Waals surface area contributed by atoms with E-state index in [9.17, 15) is 19.5 Å². The van der Waals surface area contributed by atoms with Crippen molar-refractivity contribution in [2.45, 2.75) is 30.5 Å². The lowest BCUT2D eigenvalue weighted by atomic mass is 9.75. The standard InChI is InChI=1S/C15H14O4S/c1-7(16)12-6-9-10(15(19)20-12)5-8-3-2-4-11(17)13(8)14(9)18/h2-3,5,12-13,15,19H,4,6H2,1H3/t12-,13?,15-/m0/s1. The molecule has 104 valence electrons. The zero-order valence-electron chi connectivity index (χ0n) is 11.0. The van der Waals surface area contributed by atoms with Crippen LogP contribution in [0, 0.1) is 5.92 Å². The van der Waals surface area contributed by atoms with Gasteiger partial charge < -0.3 is 5.11 Å². The molecule has 1 unspecified atom stereocenters. The van der Waals surface area contributed by atoms with E-state index >= 15 is 0 Å². The molecule has 0 saturated carbocycles. The molecule has 0 aromatic carbocycles. The number of Topliss-reactive ketones (excluding diaryl/α,β-unsaturated/α-hetero) is 3. The van der Waals surface area contributed by atoms with E-state index in [0.29, 0.717) is 23.1 Å². The topological polar surface area (TPSA) is 71.4 Å². The van der Waals surface area contributed by atoms with Crippen LogP contribution in [0.5, 0.6) is 0 Å². The largest absolute Gasteiger partial charge is 0.378 e. The Labute approximate surface area is 120 Å². The van der Waals surface area contributed by atoms with Gasteiger partial charge in [0, 0.05) is 12.0 Å². The zero-order chi connectivity index (χ0) is 14.4. The summed E-state index contributed by atoms with van der Waals surface area (Å²) in [7, 11) is 0. The summed E-state index contributed by atoms with van der Waals surface area (Å²) >= 11 is 1.16. The summed E-state index contributed by atoms with van der Waals surface area (Å²) in [6.45, 7) is 1.46. The van der Waals surface area contributed by atoms with Gasteiger partial charge in [-0.1, -0.05) is 18.2 Å². The molecule has 4 nitrogen and oxygen atoms in total. The molecule has 1 aliphatic heterocycles. The Balaban J connectivity index is 2.06. The Bertz CT molecular complexity index is 611. The number of aliphatic hydroxyl groups excluding tert-OH is 1. The fourth-order valence-electron chi connectivity index (χ4n) is 2.86. The van der Waals surface area contributed by atoms with Crippen LogP contribution >= 0.6 is 11.8 Å². The molecule has 0 saturated heterocycles. The van der Waals surface area contributed by atoms with Crippen molar-refractivity contribution in [1.82, 2.24) is 0 Å². The third kappa shape index (κ3) is 2.01. The second-order valence-corrected chi connectivity index (χ2v) is 6.53. The highest BCUT2D eigenvalue weighted by Gasteiger charge is 2.42. The van der Waals surface area contributed by atoms with E-state index in [0.717, 1.165) is 11.8 Å². The monoisotopic (exact) mass is 290 g/mol. The van der Waals surface area contributed by atoms with Crippen molar-refractivity contribution in [2.24, 2.45) is 5.92 Å². The number of thioether (sulfide) groups is 1. The van der Waals surface area contributed by atoms with Crippen molar-refractivity contribution in [3.63, 3.8) is 0 Å². The first-order valence-corrected chi connectivity index (χ1v) is 7.45. The molecule has 20 heavy (non-hydrogen) atoms. The van der Waals surface area contributed by atoms with Gasteiger partial charge in [0.25, 0.3) is 0 Å². The van der Waals surface area contributed by atoms with E-state index in [4.69, 9.17) is 0 Å². The molecule has 3 rings (SSSR count). The third-order valence-electron chi connectivity index (χ3n) is 3.92. The Morgan fingerprint density at radius 2 is 2.15 bits per heavy atom. The van der Waals surface area contributed by atoms with E-state index in [1.807, 2.05) is 0 Å². The van der Waals surface area contributed by atoms with Gasteiger partial charge in [-0.25, -0.2) is 0 Å². The fourth-order valence-corrected chi connectivity index (χ4v) is 3.99. The predicted octanol–water partition coefficient (Wildman–Crippen LogP) is 1.35. The van der Waals surface area contributed by atoms with E-state index < -0.39 is 16.6 Å². The minimum atomic E-state index is -0.879. The lowest BCUT2D eigenvalue weighted by Gasteiger charge is -2.33. The molecule has 0 aromatic heterocycles. The molecule has 0 fully saturated rings. The maximum Gasteiger partial charge on any atom is 0.174 e. The first kappa shape index (κ1) is 13.5. The quantitative estimate of drug-likeness (QED) is 0.738. The lowest BCUT2D eigenvalue weighted by Crippen LogP contribution is -2.37. The van der Waals surface area contributed by atoms with Gasteiger partial charge in [0.15, 0.2) is 11.6 Å². The van der Waals surface area contributed by atoms with Crippen LogP contribution < -0.4 is 0 Å². The van der Waals surface area contributed by atoms with E-state index in [2.05, 4.69) is 0 Å². The fraction of sp³-hybridized carbons (Fsp3) is 0.400. The number of rotatable bonds is 1. The van der Waals surface area contributed by atoms with Crippen LogP contribution in [0.15, 0.2) is 34.9 Å². The SMILES string of the molecule is CC(=O)[C@@H]1CC2=C(C=C3C=CCC(=O)C3C2=O)[C@@H](O)S1. The van der Waals surface area contributed by atoms with Crippen LogP contribution in [-0.2, 0) is 14.4 Å². The minimum absolute atomic E-state index is 0.0574. The van der Waals surface area contributed by atoms with Gasteiger partial charge in [-0.2, -0.15) is 0 Å². The van der Waals surface area contributed by atoms with Crippen molar-refractivity contribution in [3.05, 3.63) is 34.9 Å². The van der Waals surface area contributed by atoms with E-state index in [1.165, 1.54) is 6.92 Å². The second-order valence-electron chi connectivity index (χ2n) is 5.24. The number of carbonyl (C=O) groups excluding carboxylic acids is 3. The number of hydrogen-bond acceptors (Lipinski definition) is 5. The summed E-state index contributed by atoms with van der Waals surface area (Å²) in [5, 5.41) is 9.74. The summed E-state index contributed by atoms with van der Waals surface area (Å²) in [6, 6.07) is 0. The molecule has 0 amide bonds. The second kappa shape index (κ2) is 4.82. The van der Waals surface area contributed by atoms with Crippen LogP contribution in [0.3, 0.4) is 0 Å². The van der Waals surface area contributed by atoms with Crippen molar-refractivity contribution in [2.75, 3.05) is 0 Å². The minimum Gasteiger partial charge on any atom is -0.378 e. The zero-order valence-corrected chi connectivity index (χ0v) is 11.8. The average molecular weight is 290 g/mol. The molecule has 0 spiro atoms. The van der Waals surface area contributed by atoms with Gasteiger partial charge in [0.1, 0.15) is 17.1 Å². The number of hydrogen-bond donors (Lipinski definition) is 1. The number of allylic oxidation sites excluding steroid dienone is 4. The summed E-state index contributed by atoms with van der Waals surface area (Å²) < 4.78 is 0. The lowest BCUT2D eigenvalue weighted by molar-refractivity contribution is -0.129. The molecule has 3 atom stereocenters. The highest BCUT2D eigenvalue weighted by Crippen LogP contribution is 2.42. The molecular formula is C15H14O4S. The van der Waals surface area contributed by atoms with Crippen LogP contribution in [0.4, 0.5) is 0 Å². The van der Waals surface area contributed by atoms with Crippen molar-refractivity contribution in [3.8, 4) is 0 Å². The molecule has 0 aromatic rings. The van der Waals surface area contributed by atoms with Gasteiger partial charge in [-0.05, 0) is 24.5 Å². The normalized spacial score (nSPS) is 32.7. The smallest absolute Gasteiger partial charge is 0.174 e. The Kier molecular flexibility index (Phi) is 3.26. The van der Waals surface area contributed by atoms with Crippen molar-refractivity contribution >= 4 is 29.1 Å². The molecule has 2 aliphatic carbocycles. The van der Waals surface area contributed by atoms with Crippen molar-refractivity contribution in [1.29, 1.82) is 0 Å². The van der Waals surface area contributed by atoms with Gasteiger partial charge in [0.05, 0.1) is 5.25 Å². The molecule has 1 N–H and O–H groups in total. The highest BCUT2D eigenvalue weighted by molar-refractivity contribution is 8.01. The van der Waals surface area contributed by atoms with Gasteiger partial charge in [0.2, 0.25) is 0 Å². The summed E-state index contributed by atoms with van der Waals surface area (Å²) in [5.74, 6) is -1.14. The summed E-state index contributed by atoms with van der Waals surface area (Å²) in [6.07, 6.45) is 5.84. The van der Waals surface area contributed by atoms with Gasteiger partial charge >= 0.3 is 0 Å². The van der Waals surface area contributed by atoms with Crippen LogP contribution in [-0.4, -0.2) is 33.1 Å². The van der Waals surface area contributed by atoms with Crippen LogP contribution in [0.25, 0.3) is 0 Å².